The van der Waals surface area contributed by atoms with Crippen LogP contribution < -0.4 is 10.6 Å². The number of nitrogens with one attached hydrogen (secondary N) is 2. The molecule has 0 spiro atoms. The molecule has 7 nitrogen and oxygen atoms in total. The lowest BCUT2D eigenvalue weighted by molar-refractivity contribution is -0.384. The highest BCUT2D eigenvalue weighted by Crippen LogP contribution is 2.22. The average Bonchev–Trinajstić information content (AvgIpc) is 2.60. The van der Waals surface area contributed by atoms with Crippen LogP contribution in [0.15, 0.2) is 24.3 Å². The van der Waals surface area contributed by atoms with Crippen LogP contribution in [-0.4, -0.2) is 29.3 Å². The number of carbonyl (C=O) groups excluding carboxylic acids is 2. The average molecular weight is 333 g/mol. The zero-order chi connectivity index (χ0) is 17.5. The van der Waals surface area contributed by atoms with Crippen LogP contribution in [0.5, 0.6) is 0 Å². The highest BCUT2D eigenvalue weighted by molar-refractivity contribution is 5.97. The Labute approximate surface area is 141 Å². The maximum Gasteiger partial charge on any atom is 0.270 e. The van der Waals surface area contributed by atoms with Gasteiger partial charge in [0.05, 0.1) is 4.92 Å². The number of hydrogen-bond donors (Lipinski definition) is 2. The van der Waals surface area contributed by atoms with Crippen molar-refractivity contribution < 1.29 is 14.5 Å². The monoisotopic (exact) mass is 333 g/mol. The summed E-state index contributed by atoms with van der Waals surface area (Å²) in [4.78, 5) is 34.4. The number of amides is 2. The molecule has 0 aromatic heterocycles. The molecule has 1 saturated carbocycles. The molecule has 2 N–H and O–H groups in total. The molecule has 1 aliphatic rings. The summed E-state index contributed by atoms with van der Waals surface area (Å²) in [5, 5.41) is 16.2. The Morgan fingerprint density at radius 2 is 2.00 bits per heavy atom. The molecule has 130 valence electrons. The minimum atomic E-state index is -0.694. The highest BCUT2D eigenvalue weighted by Gasteiger charge is 2.20. The van der Waals surface area contributed by atoms with E-state index < -0.39 is 16.9 Å². The van der Waals surface area contributed by atoms with Gasteiger partial charge >= 0.3 is 0 Å². The van der Waals surface area contributed by atoms with Crippen molar-refractivity contribution >= 4 is 17.5 Å². The second kappa shape index (κ2) is 8.42. The second-order valence-corrected chi connectivity index (χ2v) is 6.25. The number of nitrogens with zero attached hydrogens (tertiary/aromatic N) is 1. The highest BCUT2D eigenvalue weighted by atomic mass is 16.6. The Morgan fingerprint density at radius 1 is 1.29 bits per heavy atom. The van der Waals surface area contributed by atoms with Crippen LogP contribution in [0, 0.1) is 16.0 Å². The first kappa shape index (κ1) is 17.9. The lowest BCUT2D eigenvalue weighted by atomic mass is 9.89. The maximum atomic E-state index is 12.1. The summed E-state index contributed by atoms with van der Waals surface area (Å²) < 4.78 is 0. The van der Waals surface area contributed by atoms with E-state index in [4.69, 9.17) is 0 Å². The van der Waals surface area contributed by atoms with Gasteiger partial charge in [-0.05, 0) is 31.7 Å². The minimum Gasteiger partial charge on any atom is -0.354 e. The van der Waals surface area contributed by atoms with E-state index in [-0.39, 0.29) is 17.2 Å². The van der Waals surface area contributed by atoms with Crippen molar-refractivity contribution in [3.05, 3.63) is 39.9 Å². The Hall–Kier alpha value is -2.44. The molecule has 0 heterocycles. The molecule has 0 saturated heterocycles. The molecule has 0 radical (unpaired) electrons. The Balaban J connectivity index is 1.84. The number of rotatable bonds is 6. The molecule has 0 bridgehead atoms. The van der Waals surface area contributed by atoms with Gasteiger partial charge in [-0.2, -0.15) is 0 Å². The Bertz CT molecular complexity index is 612. The van der Waals surface area contributed by atoms with E-state index in [1.54, 1.807) is 6.92 Å². The van der Waals surface area contributed by atoms with Crippen LogP contribution in [0.2, 0.25) is 0 Å². The molecule has 24 heavy (non-hydrogen) atoms. The van der Waals surface area contributed by atoms with Crippen LogP contribution in [0.3, 0.4) is 0 Å². The molecule has 1 aromatic rings. The normalized spacial score (nSPS) is 16.2. The first-order valence-corrected chi connectivity index (χ1v) is 8.30. The lowest BCUT2D eigenvalue weighted by Gasteiger charge is -2.23. The van der Waals surface area contributed by atoms with Gasteiger partial charge in [0.15, 0.2) is 0 Å². The van der Waals surface area contributed by atoms with Gasteiger partial charge in [-0.25, -0.2) is 0 Å². The third-order valence-electron chi connectivity index (χ3n) is 4.35. The van der Waals surface area contributed by atoms with Crippen molar-refractivity contribution in [2.45, 2.75) is 45.1 Å². The number of non-ortho nitro benzene ring substituents is 1. The van der Waals surface area contributed by atoms with Gasteiger partial charge in [-0.1, -0.05) is 25.3 Å². The van der Waals surface area contributed by atoms with Crippen molar-refractivity contribution in [2.24, 2.45) is 5.92 Å². The van der Waals surface area contributed by atoms with Gasteiger partial charge in [-0.3, -0.25) is 19.7 Å². The molecule has 2 rings (SSSR count). The summed E-state index contributed by atoms with van der Waals surface area (Å²) in [7, 11) is 0. The minimum absolute atomic E-state index is 0.156. The topological polar surface area (TPSA) is 101 Å². The van der Waals surface area contributed by atoms with Crippen molar-refractivity contribution in [3.63, 3.8) is 0 Å². The van der Waals surface area contributed by atoms with Crippen molar-refractivity contribution in [2.75, 3.05) is 6.54 Å². The summed E-state index contributed by atoms with van der Waals surface area (Å²) in [6, 6.07) is 4.75. The number of carbonyl (C=O) groups is 2. The van der Waals surface area contributed by atoms with Gasteiger partial charge in [0.1, 0.15) is 6.04 Å². The van der Waals surface area contributed by atoms with Gasteiger partial charge in [0.25, 0.3) is 11.6 Å². The van der Waals surface area contributed by atoms with Crippen LogP contribution in [0.4, 0.5) is 5.69 Å². The third-order valence-corrected chi connectivity index (χ3v) is 4.35. The fourth-order valence-corrected chi connectivity index (χ4v) is 2.90. The number of hydrogen-bond acceptors (Lipinski definition) is 4. The summed E-state index contributed by atoms with van der Waals surface area (Å²) in [6.45, 7) is 2.24. The maximum absolute atomic E-state index is 12.1. The molecule has 2 amide bonds. The SMILES string of the molecule is CC(NC(=O)c1cccc([N+](=O)[O-])c1)C(=O)NCC1CCCCC1. The third kappa shape index (κ3) is 5.04. The van der Waals surface area contributed by atoms with Gasteiger partial charge < -0.3 is 10.6 Å². The van der Waals surface area contributed by atoms with E-state index >= 15 is 0 Å². The predicted octanol–water partition coefficient (Wildman–Crippen LogP) is 2.41. The molecule has 1 fully saturated rings. The molecule has 1 unspecified atom stereocenters. The molecule has 1 atom stereocenters. The molecule has 7 heteroatoms. The number of benzene rings is 1. The molecular formula is C17H23N3O4. The summed E-state index contributed by atoms with van der Waals surface area (Å²) in [5.41, 5.74) is 0.00758. The van der Waals surface area contributed by atoms with Crippen LogP contribution in [-0.2, 0) is 4.79 Å². The predicted molar refractivity (Wildman–Crippen MR) is 89.6 cm³/mol. The number of nitro groups is 1. The van der Waals surface area contributed by atoms with Crippen LogP contribution in [0.1, 0.15) is 49.4 Å². The van der Waals surface area contributed by atoms with E-state index in [2.05, 4.69) is 10.6 Å². The van der Waals surface area contributed by atoms with Crippen molar-refractivity contribution in [1.82, 2.24) is 10.6 Å². The standard InChI is InChI=1S/C17H23N3O4/c1-12(16(21)18-11-13-6-3-2-4-7-13)19-17(22)14-8-5-9-15(10-14)20(23)24/h5,8-10,12-13H,2-4,6-7,11H2,1H3,(H,18,21)(H,19,22). The van der Waals surface area contributed by atoms with Crippen LogP contribution in [0.25, 0.3) is 0 Å². The molecular weight excluding hydrogens is 310 g/mol. The van der Waals surface area contributed by atoms with Gasteiger partial charge in [0.2, 0.25) is 5.91 Å². The molecule has 0 aliphatic heterocycles. The first-order valence-electron chi connectivity index (χ1n) is 8.30. The fourth-order valence-electron chi connectivity index (χ4n) is 2.90. The largest absolute Gasteiger partial charge is 0.354 e. The molecule has 1 aromatic carbocycles. The van der Waals surface area contributed by atoms with Crippen molar-refractivity contribution in [3.8, 4) is 0 Å². The van der Waals surface area contributed by atoms with E-state index in [0.29, 0.717) is 12.5 Å². The van der Waals surface area contributed by atoms with Crippen LogP contribution >= 0.6 is 0 Å². The van der Waals surface area contributed by atoms with E-state index in [1.165, 1.54) is 43.5 Å². The van der Waals surface area contributed by atoms with Crippen molar-refractivity contribution in [1.29, 1.82) is 0 Å². The summed E-state index contributed by atoms with van der Waals surface area (Å²) in [5.74, 6) is -0.222. The van der Waals surface area contributed by atoms with E-state index in [0.717, 1.165) is 12.8 Å². The van der Waals surface area contributed by atoms with Gasteiger partial charge in [-0.15, -0.1) is 0 Å². The fraction of sp³-hybridized carbons (Fsp3) is 0.529. The Kier molecular flexibility index (Phi) is 6.28. The smallest absolute Gasteiger partial charge is 0.270 e. The quantitative estimate of drug-likeness (QED) is 0.616. The zero-order valence-electron chi connectivity index (χ0n) is 13.8. The van der Waals surface area contributed by atoms with E-state index in [1.807, 2.05) is 0 Å². The number of nitro benzene ring substituents is 1. The lowest BCUT2D eigenvalue weighted by Crippen LogP contribution is -2.46. The zero-order valence-corrected chi connectivity index (χ0v) is 13.8. The first-order chi connectivity index (χ1) is 11.5. The summed E-state index contributed by atoms with van der Waals surface area (Å²) in [6.07, 6.45) is 5.95. The second-order valence-electron chi connectivity index (χ2n) is 6.25. The van der Waals surface area contributed by atoms with Gasteiger partial charge in [0, 0.05) is 24.2 Å². The Morgan fingerprint density at radius 3 is 2.67 bits per heavy atom. The summed E-state index contributed by atoms with van der Waals surface area (Å²) >= 11 is 0. The molecule has 1 aliphatic carbocycles. The van der Waals surface area contributed by atoms with E-state index in [9.17, 15) is 19.7 Å².